The molecule has 0 saturated heterocycles. The van der Waals surface area contributed by atoms with Crippen LogP contribution in [0, 0.1) is 3.57 Å². The molecule has 2 unspecified atom stereocenters. The molecule has 0 spiro atoms. The zero-order chi connectivity index (χ0) is 13.9. The van der Waals surface area contributed by atoms with E-state index in [-0.39, 0.29) is 6.04 Å². The Kier molecular flexibility index (Phi) is 4.83. The van der Waals surface area contributed by atoms with Crippen molar-refractivity contribution in [2.75, 3.05) is 6.54 Å². The molecule has 2 rings (SSSR count). The van der Waals surface area contributed by atoms with Crippen LogP contribution >= 0.6 is 22.6 Å². The molecule has 19 heavy (non-hydrogen) atoms. The van der Waals surface area contributed by atoms with Crippen molar-refractivity contribution in [1.29, 1.82) is 0 Å². The first-order valence-electron chi connectivity index (χ1n) is 6.75. The van der Waals surface area contributed by atoms with Gasteiger partial charge in [-0.15, -0.1) is 0 Å². The van der Waals surface area contributed by atoms with Crippen LogP contribution in [0.3, 0.4) is 0 Å². The standard InChI is InChI=1S/C13H20IN3O2/c1-2-6-15-13(12(18)19)5-3-4-11(7-13)17-9-10(14)8-16-17/h8-9,11,15H,2-7H2,1H3,(H,18,19). The van der Waals surface area contributed by atoms with Crippen molar-refractivity contribution in [3.8, 4) is 0 Å². The van der Waals surface area contributed by atoms with Gasteiger partial charge in [-0.2, -0.15) is 5.10 Å². The molecule has 2 N–H and O–H groups in total. The van der Waals surface area contributed by atoms with E-state index in [9.17, 15) is 9.90 Å². The van der Waals surface area contributed by atoms with Gasteiger partial charge in [-0.25, -0.2) is 0 Å². The van der Waals surface area contributed by atoms with E-state index in [1.165, 1.54) is 0 Å². The summed E-state index contributed by atoms with van der Waals surface area (Å²) >= 11 is 2.23. The normalized spacial score (nSPS) is 27.4. The van der Waals surface area contributed by atoms with Gasteiger partial charge in [0, 0.05) is 6.20 Å². The lowest BCUT2D eigenvalue weighted by Crippen LogP contribution is -2.55. The van der Waals surface area contributed by atoms with Crippen LogP contribution in [0.1, 0.15) is 45.1 Å². The number of nitrogens with zero attached hydrogens (tertiary/aromatic N) is 2. The first kappa shape index (κ1) is 14.8. The average Bonchev–Trinajstić information content (AvgIpc) is 2.83. The van der Waals surface area contributed by atoms with Gasteiger partial charge in [0.25, 0.3) is 0 Å². The Morgan fingerprint density at radius 2 is 2.53 bits per heavy atom. The summed E-state index contributed by atoms with van der Waals surface area (Å²) < 4.78 is 3.01. The highest BCUT2D eigenvalue weighted by molar-refractivity contribution is 14.1. The molecular weight excluding hydrogens is 357 g/mol. The maximum absolute atomic E-state index is 11.7. The number of rotatable bonds is 5. The van der Waals surface area contributed by atoms with Crippen LogP contribution in [0.2, 0.25) is 0 Å². The molecule has 0 aromatic carbocycles. The van der Waals surface area contributed by atoms with E-state index in [0.717, 1.165) is 29.4 Å². The number of hydrogen-bond acceptors (Lipinski definition) is 3. The summed E-state index contributed by atoms with van der Waals surface area (Å²) in [6.45, 7) is 2.80. The molecule has 1 fully saturated rings. The predicted octanol–water partition coefficient (Wildman–Crippen LogP) is 2.43. The molecule has 0 bridgehead atoms. The van der Waals surface area contributed by atoms with Crippen molar-refractivity contribution in [2.45, 2.75) is 50.6 Å². The summed E-state index contributed by atoms with van der Waals surface area (Å²) in [6, 6.07) is 0.178. The van der Waals surface area contributed by atoms with E-state index >= 15 is 0 Å². The number of carboxylic acid groups (broad SMARTS) is 1. The van der Waals surface area contributed by atoms with Crippen molar-refractivity contribution in [2.24, 2.45) is 0 Å². The van der Waals surface area contributed by atoms with Gasteiger partial charge in [-0.1, -0.05) is 6.92 Å². The first-order chi connectivity index (χ1) is 9.07. The van der Waals surface area contributed by atoms with Crippen molar-refractivity contribution in [1.82, 2.24) is 15.1 Å². The molecule has 0 aliphatic heterocycles. The quantitative estimate of drug-likeness (QED) is 0.774. The third-order valence-corrected chi connectivity index (χ3v) is 4.35. The second kappa shape index (κ2) is 6.21. The maximum atomic E-state index is 11.7. The molecule has 106 valence electrons. The third kappa shape index (κ3) is 3.28. The number of aliphatic carboxylic acids is 1. The number of aromatic nitrogens is 2. The van der Waals surface area contributed by atoms with Crippen LogP contribution in [0.25, 0.3) is 0 Å². The second-order valence-corrected chi connectivity index (χ2v) is 6.45. The highest BCUT2D eigenvalue weighted by Gasteiger charge is 2.43. The Bertz CT molecular complexity index is 449. The zero-order valence-corrected chi connectivity index (χ0v) is 13.3. The molecule has 1 aromatic heterocycles. The lowest BCUT2D eigenvalue weighted by Gasteiger charge is -2.38. The second-order valence-electron chi connectivity index (χ2n) is 5.20. The number of carbonyl (C=O) groups is 1. The number of hydrogen-bond donors (Lipinski definition) is 2. The fourth-order valence-electron chi connectivity index (χ4n) is 2.78. The molecule has 2 atom stereocenters. The van der Waals surface area contributed by atoms with Crippen LogP contribution in [0.15, 0.2) is 12.4 Å². The minimum Gasteiger partial charge on any atom is -0.480 e. The zero-order valence-electron chi connectivity index (χ0n) is 11.1. The van der Waals surface area contributed by atoms with Gasteiger partial charge in [-0.05, 0) is 61.2 Å². The van der Waals surface area contributed by atoms with Gasteiger partial charge >= 0.3 is 5.97 Å². The molecule has 5 nitrogen and oxygen atoms in total. The van der Waals surface area contributed by atoms with E-state index < -0.39 is 11.5 Å². The highest BCUT2D eigenvalue weighted by atomic mass is 127. The SMILES string of the molecule is CCCNC1(C(=O)O)CCCC(n2cc(I)cn2)C1. The Labute approximate surface area is 126 Å². The van der Waals surface area contributed by atoms with Gasteiger partial charge < -0.3 is 10.4 Å². The van der Waals surface area contributed by atoms with Crippen molar-refractivity contribution in [3.63, 3.8) is 0 Å². The van der Waals surface area contributed by atoms with Crippen LogP contribution in [0.4, 0.5) is 0 Å². The minimum absolute atomic E-state index is 0.178. The summed E-state index contributed by atoms with van der Waals surface area (Å²) in [7, 11) is 0. The molecular formula is C13H20IN3O2. The number of nitrogens with one attached hydrogen (secondary N) is 1. The summed E-state index contributed by atoms with van der Waals surface area (Å²) in [4.78, 5) is 11.7. The van der Waals surface area contributed by atoms with E-state index in [1.807, 2.05) is 17.1 Å². The van der Waals surface area contributed by atoms with Gasteiger partial charge in [-0.3, -0.25) is 9.48 Å². The third-order valence-electron chi connectivity index (χ3n) is 3.79. The smallest absolute Gasteiger partial charge is 0.323 e. The molecule has 1 heterocycles. The fourth-order valence-corrected chi connectivity index (χ4v) is 3.19. The molecule has 1 aliphatic rings. The number of halogens is 1. The van der Waals surface area contributed by atoms with Crippen LogP contribution in [-0.2, 0) is 4.79 Å². The first-order valence-corrected chi connectivity index (χ1v) is 7.83. The topological polar surface area (TPSA) is 67.2 Å². The van der Waals surface area contributed by atoms with E-state index in [1.54, 1.807) is 0 Å². The summed E-state index contributed by atoms with van der Waals surface area (Å²) in [5.41, 5.74) is -0.781. The van der Waals surface area contributed by atoms with Crippen molar-refractivity contribution >= 4 is 28.6 Å². The van der Waals surface area contributed by atoms with Gasteiger partial charge in [0.2, 0.25) is 0 Å². The Morgan fingerprint density at radius 3 is 3.11 bits per heavy atom. The summed E-state index contributed by atoms with van der Waals surface area (Å²) in [5.74, 6) is -0.729. The maximum Gasteiger partial charge on any atom is 0.323 e. The molecule has 1 aliphatic carbocycles. The van der Waals surface area contributed by atoms with Gasteiger partial charge in [0.15, 0.2) is 0 Å². The predicted molar refractivity (Wildman–Crippen MR) is 81.1 cm³/mol. The highest BCUT2D eigenvalue weighted by Crippen LogP contribution is 2.35. The molecule has 1 saturated carbocycles. The van der Waals surface area contributed by atoms with Crippen molar-refractivity contribution < 1.29 is 9.90 Å². The number of carboxylic acids is 1. The van der Waals surface area contributed by atoms with Crippen LogP contribution in [-0.4, -0.2) is 32.9 Å². The van der Waals surface area contributed by atoms with E-state index in [4.69, 9.17) is 0 Å². The lowest BCUT2D eigenvalue weighted by atomic mass is 9.79. The minimum atomic E-state index is -0.781. The van der Waals surface area contributed by atoms with Crippen molar-refractivity contribution in [3.05, 3.63) is 16.0 Å². The molecule has 6 heteroatoms. The Balaban J connectivity index is 2.15. The van der Waals surface area contributed by atoms with Gasteiger partial charge in [0.05, 0.1) is 15.8 Å². The largest absolute Gasteiger partial charge is 0.480 e. The Morgan fingerprint density at radius 1 is 1.74 bits per heavy atom. The fraction of sp³-hybridized carbons (Fsp3) is 0.692. The van der Waals surface area contributed by atoms with Crippen LogP contribution < -0.4 is 5.32 Å². The van der Waals surface area contributed by atoms with E-state index in [2.05, 4.69) is 39.9 Å². The summed E-state index contributed by atoms with van der Waals surface area (Å²) in [5, 5.41) is 17.2. The van der Waals surface area contributed by atoms with E-state index in [0.29, 0.717) is 12.8 Å². The molecule has 0 radical (unpaired) electrons. The lowest BCUT2D eigenvalue weighted by molar-refractivity contribution is -0.147. The monoisotopic (exact) mass is 377 g/mol. The van der Waals surface area contributed by atoms with Crippen LogP contribution in [0.5, 0.6) is 0 Å². The summed E-state index contributed by atoms with van der Waals surface area (Å²) in [6.07, 6.45) is 7.99. The van der Waals surface area contributed by atoms with Gasteiger partial charge in [0.1, 0.15) is 5.54 Å². The molecule has 1 aromatic rings. The molecule has 0 amide bonds. The Hall–Kier alpha value is -0.630. The average molecular weight is 377 g/mol.